The summed E-state index contributed by atoms with van der Waals surface area (Å²) in [6.07, 6.45) is 0. The van der Waals surface area contributed by atoms with Crippen LogP contribution in [0.15, 0.2) is 59.8 Å². The van der Waals surface area contributed by atoms with Crippen LogP contribution < -0.4 is 5.32 Å². The van der Waals surface area contributed by atoms with Crippen LogP contribution in [-0.2, 0) is 11.3 Å². The van der Waals surface area contributed by atoms with E-state index in [2.05, 4.69) is 35.9 Å². The number of benzene rings is 3. The average Bonchev–Trinajstić information content (AvgIpc) is 3.07. The van der Waals surface area contributed by atoms with Crippen LogP contribution >= 0.6 is 23.4 Å². The fourth-order valence-electron chi connectivity index (χ4n) is 3.54. The second-order valence-electron chi connectivity index (χ2n) is 8.26. The first-order chi connectivity index (χ1) is 15.7. The Balaban J connectivity index is 1.64. The van der Waals surface area contributed by atoms with Gasteiger partial charge in [-0.1, -0.05) is 41.6 Å². The van der Waals surface area contributed by atoms with E-state index in [0.29, 0.717) is 17.3 Å². The number of aromatic nitrogens is 2. The van der Waals surface area contributed by atoms with Crippen LogP contribution in [-0.4, -0.2) is 20.7 Å². The second-order valence-corrected chi connectivity index (χ2v) is 9.98. The summed E-state index contributed by atoms with van der Waals surface area (Å²) in [5.74, 6) is -0.422. The molecule has 4 nitrogen and oxygen atoms in total. The molecule has 1 unspecified atom stereocenters. The van der Waals surface area contributed by atoms with Gasteiger partial charge in [-0.25, -0.2) is 9.37 Å². The summed E-state index contributed by atoms with van der Waals surface area (Å²) in [5.41, 5.74) is 6.76. The SMILES string of the molecule is Cc1ccc(NC(=O)C(C)Sc2nc3cc(C)c(C)cc3n2Cc2ccc(F)cc2)c(Cl)c1. The van der Waals surface area contributed by atoms with Crippen LogP contribution in [0.25, 0.3) is 11.0 Å². The molecule has 33 heavy (non-hydrogen) atoms. The fourth-order valence-corrected chi connectivity index (χ4v) is 4.75. The second kappa shape index (κ2) is 9.57. The van der Waals surface area contributed by atoms with Crippen molar-refractivity contribution >= 4 is 46.0 Å². The number of fused-ring (bicyclic) bond motifs is 1. The lowest BCUT2D eigenvalue weighted by Crippen LogP contribution is -2.23. The highest BCUT2D eigenvalue weighted by Crippen LogP contribution is 2.31. The van der Waals surface area contributed by atoms with Crippen LogP contribution in [0.3, 0.4) is 0 Å². The summed E-state index contributed by atoms with van der Waals surface area (Å²) in [7, 11) is 0. The first-order valence-electron chi connectivity index (χ1n) is 10.7. The van der Waals surface area contributed by atoms with Crippen molar-refractivity contribution in [2.45, 2.75) is 44.6 Å². The molecule has 0 fully saturated rings. The van der Waals surface area contributed by atoms with Crippen LogP contribution in [0.4, 0.5) is 10.1 Å². The van der Waals surface area contributed by atoms with Gasteiger partial charge in [0, 0.05) is 0 Å². The lowest BCUT2D eigenvalue weighted by Gasteiger charge is -2.15. The fraction of sp³-hybridized carbons (Fsp3) is 0.231. The number of nitrogens with one attached hydrogen (secondary N) is 1. The minimum atomic E-state index is -0.409. The minimum absolute atomic E-state index is 0.154. The Morgan fingerprint density at radius 1 is 1.09 bits per heavy atom. The molecule has 1 atom stereocenters. The van der Waals surface area contributed by atoms with Crippen molar-refractivity contribution < 1.29 is 9.18 Å². The number of imidazole rings is 1. The molecule has 0 aliphatic carbocycles. The van der Waals surface area contributed by atoms with E-state index in [-0.39, 0.29) is 11.7 Å². The Hall–Kier alpha value is -2.83. The standard InChI is InChI=1S/C26H25ClFN3OS/c1-15-5-10-22(21(27)11-15)29-25(32)18(4)33-26-30-23-12-16(2)17(3)13-24(23)31(26)14-19-6-8-20(28)9-7-19/h5-13,18H,14H2,1-4H3,(H,29,32). The van der Waals surface area contributed by atoms with Crippen molar-refractivity contribution in [3.63, 3.8) is 0 Å². The molecule has 0 bridgehead atoms. The van der Waals surface area contributed by atoms with Crippen molar-refractivity contribution in [1.82, 2.24) is 9.55 Å². The van der Waals surface area contributed by atoms with Gasteiger partial charge in [0.25, 0.3) is 0 Å². The number of nitrogens with zero attached hydrogens (tertiary/aromatic N) is 2. The number of amides is 1. The molecule has 1 amide bonds. The van der Waals surface area contributed by atoms with Gasteiger partial charge < -0.3 is 9.88 Å². The molecule has 4 rings (SSSR count). The van der Waals surface area contributed by atoms with E-state index in [9.17, 15) is 9.18 Å². The van der Waals surface area contributed by atoms with Gasteiger partial charge in [0.15, 0.2) is 5.16 Å². The maximum absolute atomic E-state index is 13.4. The van der Waals surface area contributed by atoms with E-state index < -0.39 is 5.25 Å². The summed E-state index contributed by atoms with van der Waals surface area (Å²) in [5, 5.41) is 3.75. The molecular formula is C26H25ClFN3OS. The van der Waals surface area contributed by atoms with E-state index in [1.807, 2.05) is 32.0 Å². The minimum Gasteiger partial charge on any atom is -0.324 e. The van der Waals surface area contributed by atoms with Crippen molar-refractivity contribution in [2.75, 3.05) is 5.32 Å². The van der Waals surface area contributed by atoms with Gasteiger partial charge in [-0.15, -0.1) is 0 Å². The summed E-state index contributed by atoms with van der Waals surface area (Å²) < 4.78 is 15.5. The van der Waals surface area contributed by atoms with Crippen molar-refractivity contribution in [3.8, 4) is 0 Å². The monoisotopic (exact) mass is 481 g/mol. The molecule has 0 radical (unpaired) electrons. The maximum Gasteiger partial charge on any atom is 0.237 e. The van der Waals surface area contributed by atoms with E-state index in [0.717, 1.165) is 32.9 Å². The molecule has 1 N–H and O–H groups in total. The highest BCUT2D eigenvalue weighted by atomic mass is 35.5. The van der Waals surface area contributed by atoms with Gasteiger partial charge >= 0.3 is 0 Å². The van der Waals surface area contributed by atoms with E-state index >= 15 is 0 Å². The number of carbonyl (C=O) groups excluding carboxylic acids is 1. The summed E-state index contributed by atoms with van der Waals surface area (Å²) in [6, 6.07) is 16.2. The van der Waals surface area contributed by atoms with Gasteiger partial charge in [0.05, 0.1) is 33.5 Å². The summed E-state index contributed by atoms with van der Waals surface area (Å²) >= 11 is 7.67. The molecule has 1 heterocycles. The third kappa shape index (κ3) is 5.23. The quantitative estimate of drug-likeness (QED) is 0.304. The number of anilines is 1. The normalized spacial score (nSPS) is 12.2. The zero-order valence-corrected chi connectivity index (χ0v) is 20.5. The highest BCUT2D eigenvalue weighted by Gasteiger charge is 2.21. The molecule has 0 aliphatic heterocycles. The number of halogens is 2. The number of hydrogen-bond donors (Lipinski definition) is 1. The van der Waals surface area contributed by atoms with E-state index in [1.54, 1.807) is 12.1 Å². The van der Waals surface area contributed by atoms with E-state index in [4.69, 9.17) is 16.6 Å². The van der Waals surface area contributed by atoms with Gasteiger partial charge in [-0.2, -0.15) is 0 Å². The number of rotatable bonds is 6. The molecule has 0 saturated heterocycles. The average molecular weight is 482 g/mol. The Morgan fingerprint density at radius 3 is 2.48 bits per heavy atom. The predicted molar refractivity (Wildman–Crippen MR) is 135 cm³/mol. The maximum atomic E-state index is 13.4. The van der Waals surface area contributed by atoms with Crippen molar-refractivity contribution in [3.05, 3.63) is 87.7 Å². The topological polar surface area (TPSA) is 46.9 Å². The molecule has 0 aliphatic rings. The Labute approximate surface area is 202 Å². The van der Waals surface area contributed by atoms with Crippen molar-refractivity contribution in [1.29, 1.82) is 0 Å². The first kappa shape index (κ1) is 23.3. The van der Waals surface area contributed by atoms with Crippen LogP contribution in [0.5, 0.6) is 0 Å². The summed E-state index contributed by atoms with van der Waals surface area (Å²) in [6.45, 7) is 8.45. The zero-order chi connectivity index (χ0) is 23.7. The number of thioether (sulfide) groups is 1. The Kier molecular flexibility index (Phi) is 6.77. The zero-order valence-electron chi connectivity index (χ0n) is 18.9. The largest absolute Gasteiger partial charge is 0.324 e. The number of aryl methyl sites for hydroxylation is 3. The molecule has 7 heteroatoms. The lowest BCUT2D eigenvalue weighted by molar-refractivity contribution is -0.115. The number of carbonyl (C=O) groups is 1. The Morgan fingerprint density at radius 2 is 1.79 bits per heavy atom. The molecule has 1 aromatic heterocycles. The van der Waals surface area contributed by atoms with Crippen LogP contribution in [0, 0.1) is 26.6 Å². The third-order valence-corrected chi connectivity index (χ3v) is 7.02. The van der Waals surface area contributed by atoms with Crippen molar-refractivity contribution in [2.24, 2.45) is 0 Å². The number of hydrogen-bond acceptors (Lipinski definition) is 3. The highest BCUT2D eigenvalue weighted by molar-refractivity contribution is 8.00. The van der Waals surface area contributed by atoms with E-state index in [1.165, 1.54) is 29.5 Å². The first-order valence-corrected chi connectivity index (χ1v) is 11.9. The smallest absolute Gasteiger partial charge is 0.237 e. The Bertz CT molecular complexity index is 1330. The molecule has 170 valence electrons. The predicted octanol–water partition coefficient (Wildman–Crippen LogP) is 6.92. The lowest BCUT2D eigenvalue weighted by atomic mass is 10.1. The molecule has 0 spiro atoms. The summed E-state index contributed by atoms with van der Waals surface area (Å²) in [4.78, 5) is 17.7. The molecule has 3 aromatic carbocycles. The van der Waals surface area contributed by atoms with Gasteiger partial charge in [-0.3, -0.25) is 4.79 Å². The molecule has 0 saturated carbocycles. The third-order valence-electron chi connectivity index (χ3n) is 5.62. The van der Waals surface area contributed by atoms with Gasteiger partial charge in [-0.05, 0) is 86.3 Å². The molecular weight excluding hydrogens is 457 g/mol. The van der Waals surface area contributed by atoms with Crippen LogP contribution in [0.1, 0.15) is 29.2 Å². The van der Waals surface area contributed by atoms with Gasteiger partial charge in [0.1, 0.15) is 5.82 Å². The molecule has 4 aromatic rings. The van der Waals surface area contributed by atoms with Gasteiger partial charge in [0.2, 0.25) is 5.91 Å². The van der Waals surface area contributed by atoms with Crippen LogP contribution in [0.2, 0.25) is 5.02 Å².